The van der Waals surface area contributed by atoms with Gasteiger partial charge < -0.3 is 14.4 Å². The van der Waals surface area contributed by atoms with Crippen LogP contribution in [0.15, 0.2) is 35.4 Å². The summed E-state index contributed by atoms with van der Waals surface area (Å²) in [6.45, 7) is 4.78. The van der Waals surface area contributed by atoms with Crippen LogP contribution in [0.3, 0.4) is 0 Å². The van der Waals surface area contributed by atoms with Crippen molar-refractivity contribution < 1.29 is 9.47 Å². The molecule has 0 amide bonds. The minimum atomic E-state index is -0.281. The number of hydrogen-bond donors (Lipinski definition) is 0. The van der Waals surface area contributed by atoms with Crippen LogP contribution in [0, 0.1) is 0 Å². The van der Waals surface area contributed by atoms with Gasteiger partial charge in [-0.1, -0.05) is 35.4 Å². The second-order valence-electron chi connectivity index (χ2n) is 5.97. The Morgan fingerprint density at radius 2 is 1.96 bits per heavy atom. The fourth-order valence-electron chi connectivity index (χ4n) is 2.90. The van der Waals surface area contributed by atoms with Crippen molar-refractivity contribution in [3.63, 3.8) is 0 Å². The standard InChI is InChI=1S/C17H26N4O2/c1-22-17(15-19-20-18)8-10-21(11-9-17)12-14-23-13-7-16-5-3-2-4-6-16/h2-6H,7-15H2,1H3. The van der Waals surface area contributed by atoms with Gasteiger partial charge in [0.25, 0.3) is 0 Å². The highest BCUT2D eigenvalue weighted by Crippen LogP contribution is 2.26. The summed E-state index contributed by atoms with van der Waals surface area (Å²) in [7, 11) is 1.70. The summed E-state index contributed by atoms with van der Waals surface area (Å²) >= 11 is 0. The maximum Gasteiger partial charge on any atom is 0.0759 e. The van der Waals surface area contributed by atoms with Crippen molar-refractivity contribution in [3.05, 3.63) is 46.3 Å². The third kappa shape index (κ3) is 5.84. The summed E-state index contributed by atoms with van der Waals surface area (Å²) in [5.74, 6) is 0. The molecule has 1 aromatic carbocycles. The Hall–Kier alpha value is -1.59. The summed E-state index contributed by atoms with van der Waals surface area (Å²) in [5, 5.41) is 3.69. The van der Waals surface area contributed by atoms with Crippen LogP contribution in [0.2, 0.25) is 0 Å². The summed E-state index contributed by atoms with van der Waals surface area (Å²) < 4.78 is 11.3. The lowest BCUT2D eigenvalue weighted by Crippen LogP contribution is -2.48. The lowest BCUT2D eigenvalue weighted by atomic mass is 9.91. The highest BCUT2D eigenvalue weighted by atomic mass is 16.5. The number of rotatable bonds is 9. The molecule has 1 heterocycles. The first-order valence-corrected chi connectivity index (χ1v) is 8.18. The van der Waals surface area contributed by atoms with E-state index in [2.05, 4.69) is 39.2 Å². The van der Waals surface area contributed by atoms with E-state index in [1.165, 1.54) is 5.56 Å². The average Bonchev–Trinajstić information content (AvgIpc) is 2.62. The molecule has 1 aliphatic heterocycles. The van der Waals surface area contributed by atoms with Crippen LogP contribution in [0.4, 0.5) is 0 Å². The first kappa shape index (κ1) is 17.8. The molecule has 0 atom stereocenters. The third-order valence-electron chi connectivity index (χ3n) is 4.55. The van der Waals surface area contributed by atoms with Gasteiger partial charge in [-0.05, 0) is 30.4 Å². The molecule has 6 heteroatoms. The van der Waals surface area contributed by atoms with Gasteiger partial charge >= 0.3 is 0 Å². The molecule has 1 saturated heterocycles. The molecule has 0 aromatic heterocycles. The molecular formula is C17H26N4O2. The minimum Gasteiger partial charge on any atom is -0.380 e. The minimum absolute atomic E-state index is 0.281. The molecule has 1 fully saturated rings. The van der Waals surface area contributed by atoms with Gasteiger partial charge in [0, 0.05) is 31.7 Å². The zero-order valence-corrected chi connectivity index (χ0v) is 13.9. The van der Waals surface area contributed by atoms with Crippen LogP contribution >= 0.6 is 0 Å². The van der Waals surface area contributed by atoms with Gasteiger partial charge in [0.05, 0.1) is 25.4 Å². The molecule has 23 heavy (non-hydrogen) atoms. The van der Waals surface area contributed by atoms with E-state index >= 15 is 0 Å². The van der Waals surface area contributed by atoms with Gasteiger partial charge in [0.15, 0.2) is 0 Å². The first-order valence-electron chi connectivity index (χ1n) is 8.18. The van der Waals surface area contributed by atoms with Gasteiger partial charge in [0.1, 0.15) is 0 Å². The van der Waals surface area contributed by atoms with Crippen molar-refractivity contribution in [3.8, 4) is 0 Å². The normalized spacial score (nSPS) is 17.6. The molecule has 126 valence electrons. The monoisotopic (exact) mass is 318 g/mol. The quantitative estimate of drug-likeness (QED) is 0.304. The topological polar surface area (TPSA) is 70.5 Å². The predicted octanol–water partition coefficient (Wildman–Crippen LogP) is 3.04. The Labute approximate surface area is 138 Å². The van der Waals surface area contributed by atoms with Crippen LogP contribution in [0.25, 0.3) is 10.4 Å². The van der Waals surface area contributed by atoms with Gasteiger partial charge in [-0.15, -0.1) is 0 Å². The zero-order valence-electron chi connectivity index (χ0n) is 13.9. The van der Waals surface area contributed by atoms with E-state index in [0.717, 1.165) is 52.1 Å². The Bertz CT molecular complexity index is 495. The highest BCUT2D eigenvalue weighted by Gasteiger charge is 2.33. The zero-order chi connectivity index (χ0) is 16.4. The molecule has 1 aliphatic rings. The molecular weight excluding hydrogens is 292 g/mol. The number of azide groups is 1. The molecule has 0 radical (unpaired) electrons. The van der Waals surface area contributed by atoms with Crippen molar-refractivity contribution >= 4 is 0 Å². The van der Waals surface area contributed by atoms with E-state index < -0.39 is 0 Å². The number of ether oxygens (including phenoxy) is 2. The van der Waals surface area contributed by atoms with Crippen LogP contribution < -0.4 is 0 Å². The molecule has 0 unspecified atom stereocenters. The number of likely N-dealkylation sites (tertiary alicyclic amines) is 1. The van der Waals surface area contributed by atoms with Crippen LogP contribution in [-0.4, -0.2) is 57.0 Å². The summed E-state index contributed by atoms with van der Waals surface area (Å²) in [4.78, 5) is 5.23. The molecule has 1 aromatic rings. The van der Waals surface area contributed by atoms with Crippen LogP contribution in [-0.2, 0) is 15.9 Å². The predicted molar refractivity (Wildman–Crippen MR) is 90.4 cm³/mol. The summed E-state index contributed by atoms with van der Waals surface area (Å²) in [5.41, 5.74) is 9.52. The van der Waals surface area contributed by atoms with E-state index in [4.69, 9.17) is 15.0 Å². The van der Waals surface area contributed by atoms with Gasteiger partial charge in [-0.2, -0.15) is 0 Å². The Balaban J connectivity index is 1.60. The van der Waals surface area contributed by atoms with E-state index in [-0.39, 0.29) is 5.60 Å². The van der Waals surface area contributed by atoms with Gasteiger partial charge in [-0.25, -0.2) is 0 Å². The highest BCUT2D eigenvalue weighted by molar-refractivity contribution is 5.14. The molecule has 2 rings (SSSR count). The molecule has 0 spiro atoms. The second kappa shape index (κ2) is 9.53. The van der Waals surface area contributed by atoms with Crippen LogP contribution in [0.1, 0.15) is 18.4 Å². The Morgan fingerprint density at radius 3 is 2.61 bits per heavy atom. The van der Waals surface area contributed by atoms with E-state index in [9.17, 15) is 0 Å². The van der Waals surface area contributed by atoms with Crippen molar-refractivity contribution in [1.82, 2.24) is 4.90 Å². The Kier molecular flexibility index (Phi) is 7.36. The van der Waals surface area contributed by atoms with Gasteiger partial charge in [-0.3, -0.25) is 0 Å². The van der Waals surface area contributed by atoms with Gasteiger partial charge in [0.2, 0.25) is 0 Å². The SMILES string of the molecule is COC1(CN=[N+]=[N-])CCN(CCOCCc2ccccc2)CC1. The maximum absolute atomic E-state index is 8.48. The lowest BCUT2D eigenvalue weighted by molar-refractivity contribution is -0.0529. The number of benzene rings is 1. The third-order valence-corrected chi connectivity index (χ3v) is 4.55. The summed E-state index contributed by atoms with van der Waals surface area (Å²) in [6.07, 6.45) is 2.75. The number of nitrogens with zero attached hydrogens (tertiary/aromatic N) is 4. The second-order valence-corrected chi connectivity index (χ2v) is 5.97. The molecule has 0 bridgehead atoms. The van der Waals surface area contributed by atoms with E-state index in [0.29, 0.717) is 6.54 Å². The van der Waals surface area contributed by atoms with Crippen LogP contribution in [0.5, 0.6) is 0 Å². The molecule has 0 aliphatic carbocycles. The maximum atomic E-state index is 8.48. The average molecular weight is 318 g/mol. The lowest BCUT2D eigenvalue weighted by Gasteiger charge is -2.40. The Morgan fingerprint density at radius 1 is 1.22 bits per heavy atom. The number of hydrogen-bond acceptors (Lipinski definition) is 4. The van der Waals surface area contributed by atoms with Crippen molar-refractivity contribution in [2.24, 2.45) is 5.11 Å². The largest absolute Gasteiger partial charge is 0.380 e. The first-order chi connectivity index (χ1) is 11.3. The van der Waals surface area contributed by atoms with Crippen molar-refractivity contribution in [2.45, 2.75) is 24.9 Å². The fourth-order valence-corrected chi connectivity index (χ4v) is 2.90. The fraction of sp³-hybridized carbons (Fsp3) is 0.647. The molecule has 6 nitrogen and oxygen atoms in total. The number of methoxy groups -OCH3 is 1. The van der Waals surface area contributed by atoms with E-state index in [1.807, 2.05) is 6.07 Å². The molecule has 0 saturated carbocycles. The smallest absolute Gasteiger partial charge is 0.0759 e. The summed E-state index contributed by atoms with van der Waals surface area (Å²) in [6, 6.07) is 10.4. The molecule has 0 N–H and O–H groups in total. The van der Waals surface area contributed by atoms with Crippen molar-refractivity contribution in [1.29, 1.82) is 0 Å². The number of piperidine rings is 1. The van der Waals surface area contributed by atoms with E-state index in [1.54, 1.807) is 7.11 Å². The van der Waals surface area contributed by atoms with Crippen molar-refractivity contribution in [2.75, 3.05) is 46.5 Å².